The molecule has 0 bridgehead atoms. The highest BCUT2D eigenvalue weighted by molar-refractivity contribution is 6.31. The van der Waals surface area contributed by atoms with Crippen LogP contribution in [-0.2, 0) is 15.3 Å². The number of carbonyl (C=O) groups is 2. The van der Waals surface area contributed by atoms with E-state index < -0.39 is 40.8 Å². The lowest BCUT2D eigenvalue weighted by atomic mass is 9.62. The predicted octanol–water partition coefficient (Wildman–Crippen LogP) is 6.22. The van der Waals surface area contributed by atoms with E-state index in [1.54, 1.807) is 24.3 Å². The molecule has 1 saturated heterocycles. The molecule has 6 nitrogen and oxygen atoms in total. The zero-order valence-corrected chi connectivity index (χ0v) is 23.7. The van der Waals surface area contributed by atoms with Crippen LogP contribution in [0.1, 0.15) is 51.2 Å². The number of nitrogens with zero attached hydrogens (tertiary/aromatic N) is 1. The molecule has 208 valence electrons. The number of halogens is 4. The minimum absolute atomic E-state index is 0.0557. The molecule has 1 fully saturated rings. The van der Waals surface area contributed by atoms with Crippen molar-refractivity contribution in [2.45, 2.75) is 57.8 Å². The molecule has 1 spiro atoms. The lowest BCUT2D eigenvalue weighted by molar-refractivity contribution is -0.128. The number of anilines is 1. The van der Waals surface area contributed by atoms with Crippen molar-refractivity contribution in [3.8, 4) is 6.07 Å². The first-order valence-electron chi connectivity index (χ1n) is 12.9. The average Bonchev–Trinajstić information content (AvgIpc) is 3.37. The van der Waals surface area contributed by atoms with E-state index >= 15 is 8.78 Å². The Labute approximate surface area is 241 Å². The highest BCUT2D eigenvalue weighted by atomic mass is 35.5. The maximum Gasteiger partial charge on any atom is 0.241 e. The van der Waals surface area contributed by atoms with Crippen LogP contribution >= 0.6 is 23.2 Å². The third kappa shape index (κ3) is 4.70. The summed E-state index contributed by atoms with van der Waals surface area (Å²) in [6.45, 7) is 5.98. The number of alkyl halides is 1. The van der Waals surface area contributed by atoms with Crippen molar-refractivity contribution in [3.63, 3.8) is 0 Å². The first-order valence-corrected chi connectivity index (χ1v) is 13.7. The highest BCUT2D eigenvalue weighted by Crippen LogP contribution is 2.60. The van der Waals surface area contributed by atoms with E-state index in [4.69, 9.17) is 28.5 Å². The Balaban J connectivity index is 1.61. The van der Waals surface area contributed by atoms with Gasteiger partial charge < -0.3 is 16.0 Å². The summed E-state index contributed by atoms with van der Waals surface area (Å²) in [5.74, 6) is -1.81. The molecule has 1 unspecified atom stereocenters. The molecule has 10 heteroatoms. The molecule has 5 rings (SSSR count). The topological polar surface area (TPSA) is 94.0 Å². The molecule has 0 aromatic heterocycles. The fourth-order valence-electron chi connectivity index (χ4n) is 6.20. The van der Waals surface area contributed by atoms with Gasteiger partial charge in [0.15, 0.2) is 5.67 Å². The van der Waals surface area contributed by atoms with Crippen molar-refractivity contribution in [1.82, 2.24) is 10.6 Å². The van der Waals surface area contributed by atoms with E-state index in [9.17, 15) is 9.59 Å². The van der Waals surface area contributed by atoms with Crippen LogP contribution in [0.4, 0.5) is 14.5 Å². The van der Waals surface area contributed by atoms with Crippen molar-refractivity contribution in [2.75, 3.05) is 5.32 Å². The van der Waals surface area contributed by atoms with Gasteiger partial charge in [0.05, 0.1) is 28.1 Å². The summed E-state index contributed by atoms with van der Waals surface area (Å²) in [4.78, 5) is 27.4. The van der Waals surface area contributed by atoms with E-state index in [-0.39, 0.29) is 45.1 Å². The predicted molar refractivity (Wildman–Crippen MR) is 150 cm³/mol. The van der Waals surface area contributed by atoms with Crippen LogP contribution in [0.2, 0.25) is 5.02 Å². The van der Waals surface area contributed by atoms with E-state index in [0.717, 1.165) is 0 Å². The lowest BCUT2D eigenvalue weighted by Crippen LogP contribution is -2.50. The second kappa shape index (κ2) is 9.99. The van der Waals surface area contributed by atoms with Gasteiger partial charge in [-0.2, -0.15) is 5.26 Å². The summed E-state index contributed by atoms with van der Waals surface area (Å²) < 4.78 is 32.9. The van der Waals surface area contributed by atoms with Crippen LogP contribution in [0, 0.1) is 28.0 Å². The Bertz CT molecular complexity index is 1510. The van der Waals surface area contributed by atoms with E-state index in [0.29, 0.717) is 17.7 Å². The second-order valence-corrected chi connectivity index (χ2v) is 12.7. The SMILES string of the molecule is CC(C)(C)C[C@@H]1N[C@@H](C(=O)Nc2ccc(C#N)cc2)CC12C(=O)NC1=C2[C@](F)(c2cccc(Cl)c2F)CC(Cl)=C1. The van der Waals surface area contributed by atoms with Gasteiger partial charge in [-0.3, -0.25) is 9.59 Å². The van der Waals surface area contributed by atoms with Crippen LogP contribution in [0.5, 0.6) is 0 Å². The maximum absolute atomic E-state index is 17.5. The molecule has 3 N–H and O–H groups in total. The van der Waals surface area contributed by atoms with Gasteiger partial charge in [-0.1, -0.05) is 56.1 Å². The van der Waals surface area contributed by atoms with E-state index in [1.165, 1.54) is 24.3 Å². The van der Waals surface area contributed by atoms with Crippen LogP contribution in [0.3, 0.4) is 0 Å². The average molecular weight is 585 g/mol. The Kier molecular flexibility index (Phi) is 7.06. The molecule has 2 aromatic rings. The fraction of sp³-hybridized carbons (Fsp3) is 0.367. The van der Waals surface area contributed by atoms with Gasteiger partial charge in [0.25, 0.3) is 0 Å². The van der Waals surface area contributed by atoms with Gasteiger partial charge in [0, 0.05) is 40.0 Å². The van der Waals surface area contributed by atoms with Crippen LogP contribution in [0.15, 0.2) is 64.8 Å². The number of carbonyl (C=O) groups excluding carboxylic acids is 2. The summed E-state index contributed by atoms with van der Waals surface area (Å²) in [5, 5.41) is 17.9. The van der Waals surface area contributed by atoms with Crippen molar-refractivity contribution < 1.29 is 18.4 Å². The van der Waals surface area contributed by atoms with Gasteiger partial charge in [-0.25, -0.2) is 8.78 Å². The lowest BCUT2D eigenvalue weighted by Gasteiger charge is -2.41. The van der Waals surface area contributed by atoms with Gasteiger partial charge in [-0.15, -0.1) is 0 Å². The molecule has 3 aliphatic rings. The van der Waals surface area contributed by atoms with Crippen molar-refractivity contribution in [2.24, 2.45) is 10.8 Å². The standard InChI is InChI=1S/C30H28Cl2F2N4O2/c1-28(2,3)14-23-29(13-22(37-23)26(39)36-18-9-7-16(15-35)8-10-18)25-21(38-27(29)40)11-17(31)12-30(25,34)19-5-4-6-20(32)24(19)33/h4-11,22-23,37H,12-14H2,1-3H3,(H,36,39)(H,38,40)/t22-,23+,29?,30-/m1/s1. The molecule has 40 heavy (non-hydrogen) atoms. The van der Waals surface area contributed by atoms with E-state index in [2.05, 4.69) is 16.0 Å². The number of hydrogen-bond acceptors (Lipinski definition) is 4. The zero-order valence-electron chi connectivity index (χ0n) is 22.2. The summed E-state index contributed by atoms with van der Waals surface area (Å²) >= 11 is 12.4. The summed E-state index contributed by atoms with van der Waals surface area (Å²) in [6, 6.07) is 11.0. The minimum atomic E-state index is -2.49. The second-order valence-electron chi connectivity index (χ2n) is 11.8. The van der Waals surface area contributed by atoms with E-state index in [1.807, 2.05) is 26.8 Å². The normalized spacial score (nSPS) is 27.8. The molecular weight excluding hydrogens is 557 g/mol. The number of hydrogen-bond donors (Lipinski definition) is 3. The molecule has 0 saturated carbocycles. The highest BCUT2D eigenvalue weighted by Gasteiger charge is 2.66. The van der Waals surface area contributed by atoms with Crippen LogP contribution < -0.4 is 16.0 Å². The monoisotopic (exact) mass is 584 g/mol. The molecule has 2 amide bonds. The summed E-state index contributed by atoms with van der Waals surface area (Å²) in [7, 11) is 0. The van der Waals surface area contributed by atoms with Crippen molar-refractivity contribution in [3.05, 3.63) is 86.8 Å². The molecule has 4 atom stereocenters. The molecular formula is C30H28Cl2F2N4O2. The number of fused-ring (bicyclic) bond motifs is 1. The third-order valence-electron chi connectivity index (χ3n) is 7.79. The summed E-state index contributed by atoms with van der Waals surface area (Å²) in [5.41, 5.74) is -3.46. The van der Waals surface area contributed by atoms with Crippen LogP contribution in [-0.4, -0.2) is 23.9 Å². The van der Waals surface area contributed by atoms with Gasteiger partial charge in [-0.05, 0) is 54.7 Å². The molecule has 2 heterocycles. The molecule has 0 radical (unpaired) electrons. The number of allylic oxidation sites excluding steroid dienone is 2. The number of benzene rings is 2. The molecule has 1 aliphatic carbocycles. The largest absolute Gasteiger partial charge is 0.325 e. The Morgan fingerprint density at radius 1 is 1.20 bits per heavy atom. The molecule has 2 aliphatic heterocycles. The number of nitriles is 1. The summed E-state index contributed by atoms with van der Waals surface area (Å²) in [6.07, 6.45) is 1.48. The van der Waals surface area contributed by atoms with Crippen LogP contribution in [0.25, 0.3) is 0 Å². The quantitative estimate of drug-likeness (QED) is 0.398. The minimum Gasteiger partial charge on any atom is -0.325 e. The maximum atomic E-state index is 17.5. The van der Waals surface area contributed by atoms with Gasteiger partial charge >= 0.3 is 0 Å². The Morgan fingerprint density at radius 3 is 2.55 bits per heavy atom. The zero-order chi connectivity index (χ0) is 29.0. The first kappa shape index (κ1) is 28.3. The fourth-order valence-corrected chi connectivity index (χ4v) is 6.67. The first-order chi connectivity index (χ1) is 18.8. The molecule has 2 aromatic carbocycles. The Hall–Kier alpha value is -3.25. The smallest absolute Gasteiger partial charge is 0.241 e. The number of nitrogens with one attached hydrogen (secondary N) is 3. The van der Waals surface area contributed by atoms with Crippen molar-refractivity contribution in [1.29, 1.82) is 5.26 Å². The number of rotatable bonds is 4. The third-order valence-corrected chi connectivity index (χ3v) is 8.33. The van der Waals surface area contributed by atoms with Gasteiger partial charge in [0.2, 0.25) is 11.8 Å². The van der Waals surface area contributed by atoms with Crippen molar-refractivity contribution >= 4 is 40.7 Å². The van der Waals surface area contributed by atoms with Gasteiger partial charge in [0.1, 0.15) is 5.82 Å². The Morgan fingerprint density at radius 2 is 1.90 bits per heavy atom. The number of amides is 2.